The number of nitrogens with zero attached hydrogens (tertiary/aromatic N) is 1. The average molecular weight is 236 g/mol. The fourth-order valence-corrected chi connectivity index (χ4v) is 1.78. The highest BCUT2D eigenvalue weighted by Gasteiger charge is 2.16. The van der Waals surface area contributed by atoms with Gasteiger partial charge in [-0.2, -0.15) is 0 Å². The quantitative estimate of drug-likeness (QED) is 0.764. The van der Waals surface area contributed by atoms with Gasteiger partial charge in [-0.3, -0.25) is 4.98 Å². The van der Waals surface area contributed by atoms with Crippen LogP contribution >= 0.6 is 0 Å². The molecule has 0 bridgehead atoms. The molecule has 1 fully saturated rings. The Morgan fingerprint density at radius 2 is 2.47 bits per heavy atom. The topological polar surface area (TPSA) is 43.4 Å². The standard InChI is InChI=1S/C13H20N2O2/c1-2-6-14-8-11-3-4-12(9-15-11)17-13-5-7-16-10-13/h3-4,9,13-14H,2,5-8,10H2,1H3. The van der Waals surface area contributed by atoms with Crippen molar-refractivity contribution in [3.8, 4) is 5.75 Å². The Morgan fingerprint density at radius 3 is 3.12 bits per heavy atom. The summed E-state index contributed by atoms with van der Waals surface area (Å²) in [5.74, 6) is 0.833. The van der Waals surface area contributed by atoms with E-state index in [2.05, 4.69) is 17.2 Å². The second-order valence-electron chi connectivity index (χ2n) is 4.27. The second-order valence-corrected chi connectivity index (χ2v) is 4.27. The van der Waals surface area contributed by atoms with Gasteiger partial charge in [0, 0.05) is 13.0 Å². The van der Waals surface area contributed by atoms with Crippen LogP contribution in [0.15, 0.2) is 18.3 Å². The molecule has 1 unspecified atom stereocenters. The number of rotatable bonds is 6. The molecule has 0 saturated carbocycles. The average Bonchev–Trinajstić information content (AvgIpc) is 2.85. The van der Waals surface area contributed by atoms with Crippen molar-refractivity contribution < 1.29 is 9.47 Å². The molecular formula is C13H20N2O2. The Morgan fingerprint density at radius 1 is 1.53 bits per heavy atom. The summed E-state index contributed by atoms with van der Waals surface area (Å²) in [5, 5.41) is 3.32. The molecule has 1 aromatic heterocycles. The predicted molar refractivity (Wildman–Crippen MR) is 66.1 cm³/mol. The van der Waals surface area contributed by atoms with Crippen molar-refractivity contribution in [3.63, 3.8) is 0 Å². The molecule has 94 valence electrons. The molecule has 0 amide bonds. The molecule has 0 spiro atoms. The van der Waals surface area contributed by atoms with Crippen LogP contribution in [-0.2, 0) is 11.3 Å². The van der Waals surface area contributed by atoms with Crippen molar-refractivity contribution in [3.05, 3.63) is 24.0 Å². The van der Waals surface area contributed by atoms with Crippen molar-refractivity contribution in [1.82, 2.24) is 10.3 Å². The fourth-order valence-electron chi connectivity index (χ4n) is 1.78. The zero-order chi connectivity index (χ0) is 11.9. The maximum Gasteiger partial charge on any atom is 0.138 e. The molecule has 0 aromatic carbocycles. The molecule has 1 saturated heterocycles. The first-order valence-corrected chi connectivity index (χ1v) is 6.28. The molecule has 1 aliphatic heterocycles. The molecule has 0 radical (unpaired) electrons. The van der Waals surface area contributed by atoms with Crippen LogP contribution in [0.4, 0.5) is 0 Å². The van der Waals surface area contributed by atoms with Gasteiger partial charge in [-0.05, 0) is 25.1 Å². The van der Waals surface area contributed by atoms with Crippen LogP contribution < -0.4 is 10.1 Å². The van der Waals surface area contributed by atoms with Crippen LogP contribution in [0.2, 0.25) is 0 Å². The highest BCUT2D eigenvalue weighted by Crippen LogP contribution is 2.15. The first-order chi connectivity index (χ1) is 8.38. The molecule has 2 rings (SSSR count). The van der Waals surface area contributed by atoms with Gasteiger partial charge < -0.3 is 14.8 Å². The van der Waals surface area contributed by atoms with Crippen molar-refractivity contribution >= 4 is 0 Å². The molecule has 2 heterocycles. The van der Waals surface area contributed by atoms with Crippen LogP contribution in [-0.4, -0.2) is 30.8 Å². The molecule has 4 nitrogen and oxygen atoms in total. The maximum absolute atomic E-state index is 5.75. The molecule has 1 aliphatic rings. The third-order valence-corrected chi connectivity index (χ3v) is 2.72. The van der Waals surface area contributed by atoms with Crippen LogP contribution in [0.3, 0.4) is 0 Å². The van der Waals surface area contributed by atoms with Gasteiger partial charge in [0.15, 0.2) is 0 Å². The number of ether oxygens (including phenoxy) is 2. The van der Waals surface area contributed by atoms with Crippen molar-refractivity contribution in [2.24, 2.45) is 0 Å². The minimum Gasteiger partial charge on any atom is -0.486 e. The zero-order valence-corrected chi connectivity index (χ0v) is 10.3. The molecule has 1 atom stereocenters. The molecule has 1 aromatic rings. The van der Waals surface area contributed by atoms with E-state index in [1.807, 2.05) is 12.1 Å². The van der Waals surface area contributed by atoms with Crippen molar-refractivity contribution in [2.75, 3.05) is 19.8 Å². The van der Waals surface area contributed by atoms with Crippen LogP contribution in [0.5, 0.6) is 5.75 Å². The highest BCUT2D eigenvalue weighted by atomic mass is 16.5. The van der Waals surface area contributed by atoms with E-state index in [1.54, 1.807) is 6.20 Å². The summed E-state index contributed by atoms with van der Waals surface area (Å²) < 4.78 is 11.0. The Bertz CT molecular complexity index is 321. The summed E-state index contributed by atoms with van der Waals surface area (Å²) >= 11 is 0. The zero-order valence-electron chi connectivity index (χ0n) is 10.3. The second kappa shape index (κ2) is 6.57. The van der Waals surface area contributed by atoms with Crippen molar-refractivity contribution in [1.29, 1.82) is 0 Å². The van der Waals surface area contributed by atoms with Gasteiger partial charge in [0.05, 0.1) is 25.1 Å². The van der Waals surface area contributed by atoms with E-state index in [4.69, 9.17) is 9.47 Å². The highest BCUT2D eigenvalue weighted by molar-refractivity contribution is 5.20. The number of nitrogens with one attached hydrogen (secondary N) is 1. The van der Waals surface area contributed by atoms with Crippen molar-refractivity contribution in [2.45, 2.75) is 32.4 Å². The largest absolute Gasteiger partial charge is 0.486 e. The van der Waals surface area contributed by atoms with Gasteiger partial charge >= 0.3 is 0 Å². The van der Waals surface area contributed by atoms with E-state index in [9.17, 15) is 0 Å². The summed E-state index contributed by atoms with van der Waals surface area (Å²) in [6.45, 7) is 5.50. The van der Waals surface area contributed by atoms with Gasteiger partial charge in [-0.1, -0.05) is 6.92 Å². The summed E-state index contributed by atoms with van der Waals surface area (Å²) in [7, 11) is 0. The number of pyridine rings is 1. The SMILES string of the molecule is CCCNCc1ccc(OC2CCOC2)cn1. The van der Waals surface area contributed by atoms with E-state index in [0.29, 0.717) is 6.61 Å². The van der Waals surface area contributed by atoms with Gasteiger partial charge in [0.1, 0.15) is 11.9 Å². The van der Waals surface area contributed by atoms with Gasteiger partial charge in [-0.25, -0.2) is 0 Å². The van der Waals surface area contributed by atoms with Crippen LogP contribution in [0, 0.1) is 0 Å². The summed E-state index contributed by atoms with van der Waals surface area (Å²) in [6, 6.07) is 3.99. The smallest absolute Gasteiger partial charge is 0.138 e. The summed E-state index contributed by atoms with van der Waals surface area (Å²) in [6.07, 6.45) is 4.10. The molecule has 1 N–H and O–H groups in total. The van der Waals surface area contributed by atoms with Crippen LogP contribution in [0.1, 0.15) is 25.5 Å². The lowest BCUT2D eigenvalue weighted by Crippen LogP contribution is -2.16. The minimum atomic E-state index is 0.195. The lowest BCUT2D eigenvalue weighted by molar-refractivity contribution is 0.141. The Labute approximate surface area is 102 Å². The Hall–Kier alpha value is -1.13. The molecular weight excluding hydrogens is 216 g/mol. The number of hydrogen-bond donors (Lipinski definition) is 1. The minimum absolute atomic E-state index is 0.195. The van der Waals surface area contributed by atoms with E-state index < -0.39 is 0 Å². The lowest BCUT2D eigenvalue weighted by Gasteiger charge is -2.11. The molecule has 0 aliphatic carbocycles. The number of aromatic nitrogens is 1. The van der Waals surface area contributed by atoms with E-state index >= 15 is 0 Å². The molecule has 4 heteroatoms. The molecule has 17 heavy (non-hydrogen) atoms. The van der Waals surface area contributed by atoms with E-state index in [0.717, 1.165) is 44.0 Å². The lowest BCUT2D eigenvalue weighted by atomic mass is 10.3. The first-order valence-electron chi connectivity index (χ1n) is 6.28. The summed E-state index contributed by atoms with van der Waals surface area (Å²) in [4.78, 5) is 4.36. The van der Waals surface area contributed by atoms with Crippen LogP contribution in [0.25, 0.3) is 0 Å². The Kier molecular flexibility index (Phi) is 4.76. The predicted octanol–water partition coefficient (Wildman–Crippen LogP) is 1.75. The first kappa shape index (κ1) is 12.3. The number of hydrogen-bond acceptors (Lipinski definition) is 4. The summed E-state index contributed by atoms with van der Waals surface area (Å²) in [5.41, 5.74) is 1.05. The maximum atomic E-state index is 5.75. The third-order valence-electron chi connectivity index (χ3n) is 2.72. The Balaban J connectivity index is 1.80. The van der Waals surface area contributed by atoms with E-state index in [-0.39, 0.29) is 6.10 Å². The third kappa shape index (κ3) is 3.98. The normalized spacial score (nSPS) is 19.5. The monoisotopic (exact) mass is 236 g/mol. The van der Waals surface area contributed by atoms with E-state index in [1.165, 1.54) is 0 Å². The fraction of sp³-hybridized carbons (Fsp3) is 0.615. The van der Waals surface area contributed by atoms with Gasteiger partial charge in [0.2, 0.25) is 0 Å². The van der Waals surface area contributed by atoms with Gasteiger partial charge in [-0.15, -0.1) is 0 Å². The van der Waals surface area contributed by atoms with Gasteiger partial charge in [0.25, 0.3) is 0 Å².